The summed E-state index contributed by atoms with van der Waals surface area (Å²) in [6.45, 7) is 0. The molecule has 1 N–H and O–H groups in total. The summed E-state index contributed by atoms with van der Waals surface area (Å²) >= 11 is 7.27. The molecule has 0 atom stereocenters. The van der Waals surface area contributed by atoms with E-state index in [4.69, 9.17) is 16.7 Å². The van der Waals surface area contributed by atoms with Gasteiger partial charge in [0.25, 0.3) is 5.56 Å². The van der Waals surface area contributed by atoms with E-state index in [0.717, 1.165) is 0 Å². The van der Waals surface area contributed by atoms with Crippen LogP contribution in [0, 0.1) is 0 Å². The third-order valence-corrected chi connectivity index (χ3v) is 4.21. The molecule has 2 aromatic heterocycles. The van der Waals surface area contributed by atoms with Crippen molar-refractivity contribution < 1.29 is 9.90 Å². The van der Waals surface area contributed by atoms with E-state index >= 15 is 0 Å². The third-order valence-electron chi connectivity index (χ3n) is 3.00. The predicted octanol–water partition coefficient (Wildman–Crippen LogP) is 3.09. The molecule has 0 aliphatic carbocycles. The zero-order valence-electron chi connectivity index (χ0n) is 10.1. The van der Waals surface area contributed by atoms with Crippen LogP contribution in [-0.2, 0) is 11.2 Å². The lowest BCUT2D eigenvalue weighted by molar-refractivity contribution is -0.136. The van der Waals surface area contributed by atoms with Crippen LogP contribution >= 0.6 is 22.9 Å². The molecule has 1 aromatic carbocycles. The average molecular weight is 306 g/mol. The van der Waals surface area contributed by atoms with Gasteiger partial charge in [0.1, 0.15) is 0 Å². The summed E-state index contributed by atoms with van der Waals surface area (Å²) in [7, 11) is 0. The van der Waals surface area contributed by atoms with Crippen LogP contribution in [0.5, 0.6) is 0 Å². The van der Waals surface area contributed by atoms with E-state index in [1.165, 1.54) is 11.3 Å². The van der Waals surface area contributed by atoms with Gasteiger partial charge in [-0.1, -0.05) is 17.7 Å². The molecular formula is C14H8ClNO3S. The van der Waals surface area contributed by atoms with Crippen molar-refractivity contribution in [3.8, 4) is 0 Å². The van der Waals surface area contributed by atoms with Gasteiger partial charge in [0.2, 0.25) is 0 Å². The number of nitrogens with zero attached hydrogens (tertiary/aromatic N) is 1. The maximum atomic E-state index is 12.1. The van der Waals surface area contributed by atoms with Crippen molar-refractivity contribution in [3.05, 3.63) is 50.6 Å². The highest BCUT2D eigenvalue weighted by Gasteiger charge is 2.13. The second-order valence-corrected chi connectivity index (χ2v) is 5.64. The van der Waals surface area contributed by atoms with Crippen molar-refractivity contribution in [2.75, 3.05) is 0 Å². The van der Waals surface area contributed by atoms with Crippen molar-refractivity contribution in [2.24, 2.45) is 0 Å². The number of benzene rings is 1. The number of aromatic nitrogens is 1. The monoisotopic (exact) mass is 305 g/mol. The molecule has 0 amide bonds. The first-order valence-electron chi connectivity index (χ1n) is 5.78. The van der Waals surface area contributed by atoms with Crippen molar-refractivity contribution in [1.82, 2.24) is 4.98 Å². The lowest BCUT2D eigenvalue weighted by Crippen LogP contribution is -2.00. The molecule has 3 aromatic rings. The zero-order chi connectivity index (χ0) is 14.3. The number of hydrogen-bond acceptors (Lipinski definition) is 4. The summed E-state index contributed by atoms with van der Waals surface area (Å²) in [6, 6.07) is 6.62. The molecule has 0 saturated heterocycles. The summed E-state index contributed by atoms with van der Waals surface area (Å²) < 4.78 is 0.669. The number of carboxylic acids is 1. The van der Waals surface area contributed by atoms with E-state index in [0.29, 0.717) is 31.6 Å². The minimum atomic E-state index is -0.949. The maximum absolute atomic E-state index is 12.1. The number of carbonyl (C=O) groups is 1. The summed E-state index contributed by atoms with van der Waals surface area (Å²) in [5.41, 5.74) is 0.649. The highest BCUT2D eigenvalue weighted by molar-refractivity contribution is 7.17. The van der Waals surface area contributed by atoms with Crippen LogP contribution in [0.1, 0.15) is 5.56 Å². The first kappa shape index (κ1) is 13.0. The van der Waals surface area contributed by atoms with Gasteiger partial charge in [-0.05, 0) is 29.1 Å². The van der Waals surface area contributed by atoms with Crippen LogP contribution in [0.3, 0.4) is 0 Å². The van der Waals surface area contributed by atoms with Crippen LogP contribution in [-0.4, -0.2) is 16.1 Å². The Bertz CT molecular complexity index is 904. The van der Waals surface area contributed by atoms with Gasteiger partial charge in [-0.3, -0.25) is 9.59 Å². The zero-order valence-corrected chi connectivity index (χ0v) is 11.7. The lowest BCUT2D eigenvalue weighted by atomic mass is 10.1. The molecule has 0 aliphatic heterocycles. The average Bonchev–Trinajstić information content (AvgIpc) is 2.82. The standard InChI is InChI=1S/C14H8ClNO3S/c15-7-1-2-8-10(6-12(17)18)13-9(3-4-20-13)14(19)16-11(8)5-7/h1-5H,6H2,(H,17,18). The predicted molar refractivity (Wildman–Crippen MR) is 79.7 cm³/mol. The Kier molecular flexibility index (Phi) is 3.16. The van der Waals surface area contributed by atoms with Crippen LogP contribution in [0.4, 0.5) is 0 Å². The minimum absolute atomic E-state index is 0.162. The minimum Gasteiger partial charge on any atom is -0.481 e. The molecule has 6 heteroatoms. The molecule has 0 fully saturated rings. The van der Waals surface area contributed by atoms with E-state index in [1.54, 1.807) is 29.6 Å². The smallest absolute Gasteiger partial charge is 0.307 e. The van der Waals surface area contributed by atoms with Crippen LogP contribution in [0.2, 0.25) is 5.02 Å². The molecule has 20 heavy (non-hydrogen) atoms. The van der Waals surface area contributed by atoms with Crippen LogP contribution in [0.25, 0.3) is 21.0 Å². The van der Waals surface area contributed by atoms with Gasteiger partial charge in [-0.15, -0.1) is 11.3 Å². The molecule has 2 heterocycles. The van der Waals surface area contributed by atoms with Crippen molar-refractivity contribution in [2.45, 2.75) is 6.42 Å². The maximum Gasteiger partial charge on any atom is 0.307 e. The topological polar surface area (TPSA) is 67.3 Å². The Morgan fingerprint density at radius 1 is 1.30 bits per heavy atom. The first-order chi connectivity index (χ1) is 9.56. The Morgan fingerprint density at radius 2 is 2.10 bits per heavy atom. The molecular weight excluding hydrogens is 298 g/mol. The number of rotatable bonds is 2. The summed E-state index contributed by atoms with van der Waals surface area (Å²) in [5, 5.41) is 12.4. The van der Waals surface area contributed by atoms with E-state index in [1.807, 2.05) is 0 Å². The first-order valence-corrected chi connectivity index (χ1v) is 7.03. The number of carboxylic acid groups (broad SMARTS) is 1. The SMILES string of the molecule is O=C(O)Cc1c2ccc(Cl)cc2nc(=O)c2ccsc12. The second kappa shape index (κ2) is 4.85. The molecule has 3 rings (SSSR count). The molecule has 0 bridgehead atoms. The highest BCUT2D eigenvalue weighted by Crippen LogP contribution is 2.28. The third kappa shape index (κ3) is 2.15. The molecule has 100 valence electrons. The van der Waals surface area contributed by atoms with Crippen molar-refractivity contribution in [3.63, 3.8) is 0 Å². The van der Waals surface area contributed by atoms with Gasteiger partial charge in [-0.2, -0.15) is 0 Å². The van der Waals surface area contributed by atoms with Gasteiger partial charge >= 0.3 is 5.97 Å². The number of aliphatic carboxylic acids is 1. The molecule has 0 unspecified atom stereocenters. The van der Waals surface area contributed by atoms with E-state index < -0.39 is 5.97 Å². The van der Waals surface area contributed by atoms with Gasteiger partial charge < -0.3 is 5.11 Å². The summed E-state index contributed by atoms with van der Waals surface area (Å²) in [6.07, 6.45) is -0.162. The molecule has 0 radical (unpaired) electrons. The quantitative estimate of drug-likeness (QED) is 0.790. The Balaban J connectivity index is 2.57. The van der Waals surface area contributed by atoms with Crippen LogP contribution in [0.15, 0.2) is 34.4 Å². The Labute approximate surface area is 122 Å². The summed E-state index contributed by atoms with van der Waals surface area (Å²) in [4.78, 5) is 27.3. The molecule has 0 saturated carbocycles. The number of fused-ring (bicyclic) bond motifs is 2. The van der Waals surface area contributed by atoms with E-state index in [2.05, 4.69) is 4.98 Å². The normalized spacial score (nSPS) is 11.1. The van der Waals surface area contributed by atoms with E-state index in [9.17, 15) is 9.59 Å². The van der Waals surface area contributed by atoms with Crippen LogP contribution < -0.4 is 5.56 Å². The van der Waals surface area contributed by atoms with Gasteiger partial charge in [0, 0.05) is 15.1 Å². The van der Waals surface area contributed by atoms with Gasteiger partial charge in [0.15, 0.2) is 0 Å². The fourth-order valence-corrected chi connectivity index (χ4v) is 3.30. The lowest BCUT2D eigenvalue weighted by Gasteiger charge is -2.00. The van der Waals surface area contributed by atoms with Crippen molar-refractivity contribution >= 4 is 49.9 Å². The second-order valence-electron chi connectivity index (χ2n) is 4.29. The van der Waals surface area contributed by atoms with Gasteiger partial charge in [0.05, 0.1) is 17.3 Å². The summed E-state index contributed by atoms with van der Waals surface area (Å²) in [5.74, 6) is -0.949. The van der Waals surface area contributed by atoms with Crippen molar-refractivity contribution in [1.29, 1.82) is 0 Å². The fraction of sp³-hybridized carbons (Fsp3) is 0.0714. The van der Waals surface area contributed by atoms with E-state index in [-0.39, 0.29) is 12.0 Å². The number of halogens is 1. The molecule has 0 spiro atoms. The number of hydrogen-bond donors (Lipinski definition) is 1. The fourth-order valence-electron chi connectivity index (χ4n) is 2.18. The van der Waals surface area contributed by atoms with Gasteiger partial charge in [-0.25, -0.2) is 4.98 Å². The highest BCUT2D eigenvalue weighted by atomic mass is 35.5. The number of thiophene rings is 1. The Hall–Kier alpha value is -1.98. The molecule has 4 nitrogen and oxygen atoms in total. The largest absolute Gasteiger partial charge is 0.481 e. The molecule has 0 aliphatic rings. The Morgan fingerprint density at radius 3 is 2.85 bits per heavy atom.